The van der Waals surface area contributed by atoms with E-state index < -0.39 is 11.0 Å². The van der Waals surface area contributed by atoms with Gasteiger partial charge in [0.2, 0.25) is 0 Å². The van der Waals surface area contributed by atoms with E-state index >= 15 is 0 Å². The van der Waals surface area contributed by atoms with E-state index in [1.54, 1.807) is 31.9 Å². The number of likely N-dealkylation sites (N-methyl/N-ethyl adjacent to an activating group) is 1. The molecule has 0 spiro atoms. The molecule has 0 bridgehead atoms. The van der Waals surface area contributed by atoms with Gasteiger partial charge < -0.3 is 9.64 Å². The van der Waals surface area contributed by atoms with Crippen LogP contribution in [0.5, 0.6) is 5.75 Å². The normalized spacial score (nSPS) is 11.6. The van der Waals surface area contributed by atoms with Gasteiger partial charge in [-0.25, -0.2) is 0 Å². The van der Waals surface area contributed by atoms with Crippen molar-refractivity contribution in [3.8, 4) is 5.75 Å². The van der Waals surface area contributed by atoms with Crippen LogP contribution in [0, 0.1) is 17.0 Å². The minimum absolute atomic E-state index is 0.0968. The van der Waals surface area contributed by atoms with Crippen LogP contribution in [-0.2, 0) is 11.3 Å². The number of amides is 1. The molecule has 2 rings (SSSR count). The van der Waals surface area contributed by atoms with E-state index in [1.807, 2.05) is 30.3 Å². The Kier molecular flexibility index (Phi) is 5.52. The predicted molar refractivity (Wildman–Crippen MR) is 90.8 cm³/mol. The lowest BCUT2D eigenvalue weighted by atomic mass is 10.2. The molecule has 0 saturated carbocycles. The molecule has 0 aliphatic rings. The second-order valence-electron chi connectivity index (χ2n) is 5.67. The molecule has 6 nitrogen and oxygen atoms in total. The number of benzene rings is 2. The van der Waals surface area contributed by atoms with E-state index in [2.05, 4.69) is 0 Å². The van der Waals surface area contributed by atoms with Gasteiger partial charge in [0.15, 0.2) is 11.9 Å². The van der Waals surface area contributed by atoms with E-state index in [4.69, 9.17) is 4.74 Å². The fourth-order valence-corrected chi connectivity index (χ4v) is 2.36. The van der Waals surface area contributed by atoms with Crippen LogP contribution in [0.3, 0.4) is 0 Å². The number of carbonyl (C=O) groups excluding carboxylic acids is 1. The highest BCUT2D eigenvalue weighted by atomic mass is 16.6. The van der Waals surface area contributed by atoms with Crippen LogP contribution in [-0.4, -0.2) is 28.9 Å². The van der Waals surface area contributed by atoms with Crippen molar-refractivity contribution in [1.82, 2.24) is 4.90 Å². The van der Waals surface area contributed by atoms with Gasteiger partial charge in [-0.2, -0.15) is 0 Å². The molecule has 0 heterocycles. The maximum absolute atomic E-state index is 12.4. The number of rotatable bonds is 6. The third kappa shape index (κ3) is 4.32. The van der Waals surface area contributed by atoms with Crippen LogP contribution >= 0.6 is 0 Å². The molecule has 1 atom stereocenters. The summed E-state index contributed by atoms with van der Waals surface area (Å²) in [5.74, 6) is -0.145. The summed E-state index contributed by atoms with van der Waals surface area (Å²) in [6.07, 6.45) is -0.819. The topological polar surface area (TPSA) is 72.7 Å². The van der Waals surface area contributed by atoms with Gasteiger partial charge in [0.05, 0.1) is 4.92 Å². The van der Waals surface area contributed by atoms with Crippen molar-refractivity contribution in [2.24, 2.45) is 0 Å². The number of aryl methyl sites for hydroxylation is 1. The Morgan fingerprint density at radius 2 is 1.92 bits per heavy atom. The van der Waals surface area contributed by atoms with Crippen LogP contribution in [0.15, 0.2) is 48.5 Å². The summed E-state index contributed by atoms with van der Waals surface area (Å²) >= 11 is 0. The van der Waals surface area contributed by atoms with Crippen LogP contribution < -0.4 is 4.74 Å². The molecule has 24 heavy (non-hydrogen) atoms. The summed E-state index contributed by atoms with van der Waals surface area (Å²) in [7, 11) is 1.68. The van der Waals surface area contributed by atoms with Crippen molar-refractivity contribution in [1.29, 1.82) is 0 Å². The van der Waals surface area contributed by atoms with Crippen molar-refractivity contribution in [3.63, 3.8) is 0 Å². The molecular weight excluding hydrogens is 308 g/mol. The zero-order chi connectivity index (χ0) is 17.7. The molecule has 0 aromatic heterocycles. The smallest absolute Gasteiger partial charge is 0.311 e. The fourth-order valence-electron chi connectivity index (χ4n) is 2.36. The molecule has 0 fully saturated rings. The number of nitro benzene ring substituents is 1. The number of ether oxygens (including phenoxy) is 1. The zero-order valence-corrected chi connectivity index (χ0v) is 13.9. The summed E-state index contributed by atoms with van der Waals surface area (Å²) < 4.78 is 5.55. The second kappa shape index (κ2) is 7.59. The molecule has 0 aliphatic carbocycles. The molecule has 0 radical (unpaired) electrons. The van der Waals surface area contributed by atoms with Gasteiger partial charge in [-0.1, -0.05) is 36.4 Å². The molecular formula is C18H20N2O4. The average Bonchev–Trinajstić information content (AvgIpc) is 2.56. The van der Waals surface area contributed by atoms with Gasteiger partial charge in [-0.15, -0.1) is 0 Å². The Morgan fingerprint density at radius 1 is 1.25 bits per heavy atom. The summed E-state index contributed by atoms with van der Waals surface area (Å²) in [6, 6.07) is 14.3. The standard InChI is InChI=1S/C18H20N2O4/c1-13-9-10-17(16(11-13)20(22)23)24-14(2)18(21)19(3)12-15-7-5-4-6-8-15/h4-11,14H,12H2,1-3H3/t14-/m1/s1. The van der Waals surface area contributed by atoms with Gasteiger partial charge in [0, 0.05) is 19.7 Å². The largest absolute Gasteiger partial charge is 0.474 e. The highest BCUT2D eigenvalue weighted by Crippen LogP contribution is 2.28. The maximum Gasteiger partial charge on any atom is 0.311 e. The lowest BCUT2D eigenvalue weighted by Crippen LogP contribution is -2.37. The van der Waals surface area contributed by atoms with Gasteiger partial charge in [-0.05, 0) is 31.0 Å². The first-order valence-electron chi connectivity index (χ1n) is 7.59. The van der Waals surface area contributed by atoms with Gasteiger partial charge in [-0.3, -0.25) is 14.9 Å². The molecule has 2 aromatic carbocycles. The lowest BCUT2D eigenvalue weighted by molar-refractivity contribution is -0.386. The number of hydrogen-bond donors (Lipinski definition) is 0. The summed E-state index contributed by atoms with van der Waals surface area (Å²) in [4.78, 5) is 24.6. The third-order valence-corrected chi connectivity index (χ3v) is 3.60. The zero-order valence-electron chi connectivity index (χ0n) is 13.9. The number of nitro groups is 1. The van der Waals surface area contributed by atoms with Crippen LogP contribution in [0.2, 0.25) is 0 Å². The van der Waals surface area contributed by atoms with E-state index in [0.717, 1.165) is 11.1 Å². The monoisotopic (exact) mass is 328 g/mol. The van der Waals surface area contributed by atoms with Crippen LogP contribution in [0.4, 0.5) is 5.69 Å². The first kappa shape index (κ1) is 17.5. The Balaban J connectivity index is 2.07. The van der Waals surface area contributed by atoms with E-state index in [9.17, 15) is 14.9 Å². The summed E-state index contributed by atoms with van der Waals surface area (Å²) in [6.45, 7) is 3.80. The highest BCUT2D eigenvalue weighted by Gasteiger charge is 2.23. The first-order chi connectivity index (χ1) is 11.4. The van der Waals surface area contributed by atoms with E-state index in [-0.39, 0.29) is 17.3 Å². The van der Waals surface area contributed by atoms with Crippen molar-refractivity contribution in [3.05, 3.63) is 69.8 Å². The SMILES string of the molecule is Cc1ccc(O[C@H](C)C(=O)N(C)Cc2ccccc2)c([N+](=O)[O-])c1. The minimum Gasteiger partial charge on any atom is -0.474 e. The number of hydrogen-bond acceptors (Lipinski definition) is 4. The Labute approximate surface area is 140 Å². The van der Waals surface area contributed by atoms with Gasteiger partial charge in [0.25, 0.3) is 5.91 Å². The molecule has 0 unspecified atom stereocenters. The van der Waals surface area contributed by atoms with Crippen molar-refractivity contribution >= 4 is 11.6 Å². The Bertz CT molecular complexity index is 731. The van der Waals surface area contributed by atoms with Crippen molar-refractivity contribution in [2.45, 2.75) is 26.5 Å². The molecule has 0 N–H and O–H groups in total. The lowest BCUT2D eigenvalue weighted by Gasteiger charge is -2.22. The second-order valence-corrected chi connectivity index (χ2v) is 5.67. The summed E-state index contributed by atoms with van der Waals surface area (Å²) in [5.41, 5.74) is 1.62. The first-order valence-corrected chi connectivity index (χ1v) is 7.59. The molecule has 6 heteroatoms. The number of nitrogens with zero attached hydrogens (tertiary/aromatic N) is 2. The molecule has 126 valence electrons. The predicted octanol–water partition coefficient (Wildman–Crippen LogP) is 3.33. The molecule has 1 amide bonds. The maximum atomic E-state index is 12.4. The minimum atomic E-state index is -0.819. The molecule has 0 aliphatic heterocycles. The average molecular weight is 328 g/mol. The highest BCUT2D eigenvalue weighted by molar-refractivity contribution is 5.80. The van der Waals surface area contributed by atoms with Crippen LogP contribution in [0.25, 0.3) is 0 Å². The van der Waals surface area contributed by atoms with Crippen molar-refractivity contribution in [2.75, 3.05) is 7.05 Å². The van der Waals surface area contributed by atoms with Gasteiger partial charge >= 0.3 is 5.69 Å². The van der Waals surface area contributed by atoms with E-state index in [1.165, 1.54) is 12.1 Å². The van der Waals surface area contributed by atoms with Crippen molar-refractivity contribution < 1.29 is 14.5 Å². The van der Waals surface area contributed by atoms with Gasteiger partial charge in [0.1, 0.15) is 0 Å². The molecule has 2 aromatic rings. The van der Waals surface area contributed by atoms with E-state index in [0.29, 0.717) is 6.54 Å². The quantitative estimate of drug-likeness (QED) is 0.602. The Morgan fingerprint density at radius 3 is 2.54 bits per heavy atom. The molecule has 0 saturated heterocycles. The third-order valence-electron chi connectivity index (χ3n) is 3.60. The fraction of sp³-hybridized carbons (Fsp3) is 0.278. The Hall–Kier alpha value is -2.89. The summed E-state index contributed by atoms with van der Waals surface area (Å²) in [5, 5.41) is 11.1. The number of carbonyl (C=O) groups is 1. The van der Waals surface area contributed by atoms with Crippen LogP contribution in [0.1, 0.15) is 18.1 Å².